The topological polar surface area (TPSA) is 125 Å². The summed E-state index contributed by atoms with van der Waals surface area (Å²) in [6.45, 7) is 1.31. The van der Waals surface area contributed by atoms with Gasteiger partial charge in [-0.1, -0.05) is 6.07 Å². The predicted molar refractivity (Wildman–Crippen MR) is 72.7 cm³/mol. The number of carbonyl (C=O) groups is 3. The molecule has 8 heteroatoms. The van der Waals surface area contributed by atoms with Gasteiger partial charge in [0.15, 0.2) is 11.8 Å². The number of aliphatic hydroxyl groups excluding tert-OH is 1. The molecule has 8 nitrogen and oxygen atoms in total. The van der Waals surface area contributed by atoms with Crippen molar-refractivity contribution in [2.75, 3.05) is 12.4 Å². The molecule has 0 unspecified atom stereocenters. The summed E-state index contributed by atoms with van der Waals surface area (Å²) in [4.78, 5) is 33.9. The standard InChI is InChI=1S/C13H16N2O6/c1-7(17)10(13(20)21-2)15-12(19)8-4-3-5-9(11(8)18)14-6-16/h3-7,10,17-18H,1-2H3,(H,14,16)(H,15,19)/t7-,10+/m0/s1. The minimum atomic E-state index is -1.27. The quantitative estimate of drug-likeness (QED) is 0.322. The van der Waals surface area contributed by atoms with E-state index in [1.54, 1.807) is 0 Å². The second-order valence-corrected chi connectivity index (χ2v) is 4.18. The lowest BCUT2D eigenvalue weighted by molar-refractivity contribution is -0.145. The van der Waals surface area contributed by atoms with E-state index < -0.39 is 29.8 Å². The molecule has 0 heterocycles. The van der Waals surface area contributed by atoms with Crippen LogP contribution in [0.2, 0.25) is 0 Å². The number of phenolic OH excluding ortho intramolecular Hbond substituents is 1. The van der Waals surface area contributed by atoms with Crippen LogP contribution in [0.5, 0.6) is 5.75 Å². The summed E-state index contributed by atoms with van der Waals surface area (Å²) in [5.74, 6) is -2.06. The third-order valence-electron chi connectivity index (χ3n) is 2.72. The zero-order valence-electron chi connectivity index (χ0n) is 11.5. The molecule has 21 heavy (non-hydrogen) atoms. The number of methoxy groups -OCH3 is 1. The molecule has 1 aromatic rings. The normalized spacial score (nSPS) is 12.9. The molecule has 0 radical (unpaired) electrons. The van der Waals surface area contributed by atoms with Crippen molar-refractivity contribution in [3.63, 3.8) is 0 Å². The van der Waals surface area contributed by atoms with E-state index in [4.69, 9.17) is 0 Å². The zero-order valence-corrected chi connectivity index (χ0v) is 11.5. The van der Waals surface area contributed by atoms with Gasteiger partial charge in [-0.05, 0) is 19.1 Å². The minimum Gasteiger partial charge on any atom is -0.505 e. The van der Waals surface area contributed by atoms with Crippen molar-refractivity contribution < 1.29 is 29.3 Å². The highest BCUT2D eigenvalue weighted by Crippen LogP contribution is 2.26. The molecule has 1 rings (SSSR count). The van der Waals surface area contributed by atoms with Gasteiger partial charge in [-0.25, -0.2) is 4.79 Å². The Bertz CT molecular complexity index is 543. The Kier molecular flexibility index (Phi) is 5.67. The van der Waals surface area contributed by atoms with Crippen LogP contribution < -0.4 is 10.6 Å². The third-order valence-corrected chi connectivity index (χ3v) is 2.72. The Balaban J connectivity index is 3.00. The van der Waals surface area contributed by atoms with Gasteiger partial charge in [-0.3, -0.25) is 9.59 Å². The second-order valence-electron chi connectivity index (χ2n) is 4.18. The van der Waals surface area contributed by atoms with E-state index in [9.17, 15) is 24.6 Å². The number of rotatable bonds is 6. The van der Waals surface area contributed by atoms with Crippen LogP contribution in [-0.4, -0.2) is 47.8 Å². The van der Waals surface area contributed by atoms with Crippen molar-refractivity contribution in [2.45, 2.75) is 19.1 Å². The number of esters is 1. The average Bonchev–Trinajstić information content (AvgIpc) is 2.45. The van der Waals surface area contributed by atoms with Crippen LogP contribution in [0.25, 0.3) is 0 Å². The Morgan fingerprint density at radius 3 is 2.57 bits per heavy atom. The Morgan fingerprint density at radius 1 is 1.38 bits per heavy atom. The Morgan fingerprint density at radius 2 is 2.05 bits per heavy atom. The maximum Gasteiger partial charge on any atom is 0.331 e. The first-order valence-corrected chi connectivity index (χ1v) is 6.01. The van der Waals surface area contributed by atoms with E-state index >= 15 is 0 Å². The first-order chi connectivity index (χ1) is 9.92. The van der Waals surface area contributed by atoms with Crippen LogP contribution >= 0.6 is 0 Å². The monoisotopic (exact) mass is 296 g/mol. The van der Waals surface area contributed by atoms with Gasteiger partial charge < -0.3 is 25.6 Å². The van der Waals surface area contributed by atoms with Gasteiger partial charge in [0.1, 0.15) is 0 Å². The molecule has 114 valence electrons. The van der Waals surface area contributed by atoms with Crippen molar-refractivity contribution in [2.24, 2.45) is 0 Å². The predicted octanol–water partition coefficient (Wildman–Crippen LogP) is -0.387. The second kappa shape index (κ2) is 7.25. The molecule has 0 bridgehead atoms. The van der Waals surface area contributed by atoms with E-state index in [-0.39, 0.29) is 11.3 Å². The Labute approximate surface area is 120 Å². The fourth-order valence-corrected chi connectivity index (χ4v) is 1.63. The summed E-state index contributed by atoms with van der Waals surface area (Å²) in [5, 5.41) is 23.8. The number of hydrogen-bond acceptors (Lipinski definition) is 6. The molecular formula is C13H16N2O6. The molecule has 2 atom stereocenters. The van der Waals surface area contributed by atoms with Gasteiger partial charge in [0, 0.05) is 0 Å². The van der Waals surface area contributed by atoms with Crippen LogP contribution in [0.4, 0.5) is 5.69 Å². The number of anilines is 1. The highest BCUT2D eigenvalue weighted by Gasteiger charge is 2.28. The highest BCUT2D eigenvalue weighted by atomic mass is 16.5. The van der Waals surface area contributed by atoms with Crippen LogP contribution in [0.15, 0.2) is 18.2 Å². The van der Waals surface area contributed by atoms with Crippen molar-refractivity contribution >= 4 is 24.0 Å². The summed E-state index contributed by atoms with van der Waals surface area (Å²) < 4.78 is 4.47. The first-order valence-electron chi connectivity index (χ1n) is 6.01. The first kappa shape index (κ1) is 16.4. The van der Waals surface area contributed by atoms with E-state index in [1.807, 2.05) is 0 Å². The van der Waals surface area contributed by atoms with Gasteiger partial charge in [-0.15, -0.1) is 0 Å². The minimum absolute atomic E-state index is 0.0457. The van der Waals surface area contributed by atoms with Gasteiger partial charge in [0.25, 0.3) is 5.91 Å². The number of ether oxygens (including phenoxy) is 1. The summed E-state index contributed by atoms with van der Waals surface area (Å²) >= 11 is 0. The maximum atomic E-state index is 12.1. The average molecular weight is 296 g/mol. The van der Waals surface area contributed by atoms with Gasteiger partial charge in [-0.2, -0.15) is 0 Å². The largest absolute Gasteiger partial charge is 0.505 e. The van der Waals surface area contributed by atoms with E-state index in [1.165, 1.54) is 25.1 Å². The summed E-state index contributed by atoms with van der Waals surface area (Å²) in [6.07, 6.45) is -0.830. The molecule has 4 N–H and O–H groups in total. The van der Waals surface area contributed by atoms with Crippen molar-refractivity contribution in [1.82, 2.24) is 5.32 Å². The molecule has 0 saturated heterocycles. The van der Waals surface area contributed by atoms with E-state index in [0.29, 0.717) is 6.41 Å². The van der Waals surface area contributed by atoms with Crippen molar-refractivity contribution in [3.8, 4) is 5.75 Å². The number of aliphatic hydroxyl groups is 1. The van der Waals surface area contributed by atoms with E-state index in [0.717, 1.165) is 7.11 Å². The number of benzene rings is 1. The number of carbonyl (C=O) groups excluding carboxylic acids is 3. The van der Waals surface area contributed by atoms with E-state index in [2.05, 4.69) is 15.4 Å². The molecule has 1 aromatic carbocycles. The van der Waals surface area contributed by atoms with Crippen LogP contribution in [0.1, 0.15) is 17.3 Å². The lowest BCUT2D eigenvalue weighted by Crippen LogP contribution is -2.48. The SMILES string of the molecule is COC(=O)[C@H](NC(=O)c1cccc(NC=O)c1O)[C@H](C)O. The Hall–Kier alpha value is -2.61. The summed E-state index contributed by atoms with van der Waals surface area (Å²) in [5.41, 5.74) is -0.110. The lowest BCUT2D eigenvalue weighted by Gasteiger charge is -2.19. The third kappa shape index (κ3) is 3.93. The summed E-state index contributed by atoms with van der Waals surface area (Å²) in [6, 6.07) is 2.87. The van der Waals surface area contributed by atoms with Gasteiger partial charge in [0.2, 0.25) is 6.41 Å². The molecule has 0 fully saturated rings. The number of nitrogens with one attached hydrogen (secondary N) is 2. The number of para-hydroxylation sites is 1. The van der Waals surface area contributed by atoms with Gasteiger partial charge >= 0.3 is 5.97 Å². The molecule has 0 aliphatic rings. The molecule has 0 saturated carbocycles. The molecular weight excluding hydrogens is 280 g/mol. The number of amides is 2. The number of hydrogen-bond donors (Lipinski definition) is 4. The molecule has 0 aliphatic heterocycles. The fourth-order valence-electron chi connectivity index (χ4n) is 1.63. The molecule has 0 aromatic heterocycles. The summed E-state index contributed by atoms with van der Waals surface area (Å²) in [7, 11) is 1.12. The fraction of sp³-hybridized carbons (Fsp3) is 0.308. The molecule has 0 spiro atoms. The number of aromatic hydroxyl groups is 1. The molecule has 0 aliphatic carbocycles. The maximum absolute atomic E-state index is 12.1. The van der Waals surface area contributed by atoms with Crippen LogP contribution in [0.3, 0.4) is 0 Å². The molecule has 2 amide bonds. The smallest absolute Gasteiger partial charge is 0.331 e. The number of phenols is 1. The zero-order chi connectivity index (χ0) is 16.0. The lowest BCUT2D eigenvalue weighted by atomic mass is 10.1. The van der Waals surface area contributed by atoms with Crippen LogP contribution in [0, 0.1) is 0 Å². The van der Waals surface area contributed by atoms with Crippen molar-refractivity contribution in [3.05, 3.63) is 23.8 Å². The van der Waals surface area contributed by atoms with Crippen molar-refractivity contribution in [1.29, 1.82) is 0 Å². The highest BCUT2D eigenvalue weighted by molar-refractivity contribution is 6.01. The van der Waals surface area contributed by atoms with Crippen LogP contribution in [-0.2, 0) is 14.3 Å². The van der Waals surface area contributed by atoms with Gasteiger partial charge in [0.05, 0.1) is 24.5 Å².